The topological polar surface area (TPSA) is 108 Å². The van der Waals surface area contributed by atoms with Gasteiger partial charge in [0.25, 0.3) is 0 Å². The van der Waals surface area contributed by atoms with Gasteiger partial charge in [0.15, 0.2) is 5.84 Å². The number of oxime groups is 1. The minimum atomic E-state index is -0.911. The molecule has 0 radical (unpaired) electrons. The van der Waals surface area contributed by atoms with E-state index in [0.29, 0.717) is 25.3 Å². The summed E-state index contributed by atoms with van der Waals surface area (Å²) in [6, 6.07) is 0. The molecule has 0 saturated heterocycles. The van der Waals surface area contributed by atoms with E-state index in [9.17, 15) is 9.59 Å². The third-order valence-electron chi connectivity index (χ3n) is 3.99. The Morgan fingerprint density at radius 2 is 2.10 bits per heavy atom. The molecule has 1 rings (SSSR count). The van der Waals surface area contributed by atoms with Crippen molar-refractivity contribution < 1.29 is 14.8 Å². The van der Waals surface area contributed by atoms with Crippen molar-refractivity contribution in [3.63, 3.8) is 0 Å². The van der Waals surface area contributed by atoms with E-state index in [1.165, 1.54) is 4.90 Å². The number of carbonyl (C=O) groups is 2. The van der Waals surface area contributed by atoms with Gasteiger partial charge < -0.3 is 21.2 Å². The highest BCUT2D eigenvalue weighted by atomic mass is 16.4. The van der Waals surface area contributed by atoms with Crippen LogP contribution in [0.4, 0.5) is 0 Å². The van der Waals surface area contributed by atoms with E-state index in [1.54, 1.807) is 21.0 Å². The summed E-state index contributed by atoms with van der Waals surface area (Å²) in [5, 5.41) is 14.5. The van der Waals surface area contributed by atoms with Gasteiger partial charge in [-0.1, -0.05) is 19.0 Å². The maximum absolute atomic E-state index is 12.6. The number of amidine groups is 1. The second kappa shape index (κ2) is 6.11. The summed E-state index contributed by atoms with van der Waals surface area (Å²) < 4.78 is 0. The normalized spacial score (nSPS) is 27.4. The van der Waals surface area contributed by atoms with Crippen LogP contribution in [0.5, 0.6) is 0 Å². The summed E-state index contributed by atoms with van der Waals surface area (Å²) in [6.45, 7) is 4.07. The minimum Gasteiger partial charge on any atom is -0.409 e. The molecule has 20 heavy (non-hydrogen) atoms. The highest BCUT2D eigenvalue weighted by molar-refractivity contribution is 6.07. The van der Waals surface area contributed by atoms with Crippen molar-refractivity contribution in [2.75, 3.05) is 20.6 Å². The average molecular weight is 284 g/mol. The molecular formula is C13H24N4O3. The van der Waals surface area contributed by atoms with Gasteiger partial charge in [0.1, 0.15) is 5.41 Å². The highest BCUT2D eigenvalue weighted by Gasteiger charge is 2.53. The van der Waals surface area contributed by atoms with Crippen LogP contribution in [0, 0.1) is 17.3 Å². The Labute approximate surface area is 119 Å². The molecule has 0 aromatic heterocycles. The molecule has 7 nitrogen and oxygen atoms in total. The Bertz CT molecular complexity index is 416. The molecule has 0 bridgehead atoms. The number of rotatable bonds is 5. The molecule has 1 fully saturated rings. The largest absolute Gasteiger partial charge is 0.409 e. The maximum atomic E-state index is 12.6. The van der Waals surface area contributed by atoms with Gasteiger partial charge in [-0.3, -0.25) is 9.59 Å². The van der Waals surface area contributed by atoms with Crippen LogP contribution in [0.1, 0.15) is 26.7 Å². The van der Waals surface area contributed by atoms with Gasteiger partial charge in [0, 0.05) is 20.6 Å². The van der Waals surface area contributed by atoms with Crippen molar-refractivity contribution in [2.24, 2.45) is 28.1 Å². The van der Waals surface area contributed by atoms with Crippen LogP contribution in [-0.2, 0) is 9.59 Å². The van der Waals surface area contributed by atoms with Gasteiger partial charge in [-0.2, -0.15) is 0 Å². The van der Waals surface area contributed by atoms with Crippen LogP contribution < -0.4 is 11.1 Å². The van der Waals surface area contributed by atoms with E-state index in [1.807, 2.05) is 6.92 Å². The van der Waals surface area contributed by atoms with Gasteiger partial charge in [0.2, 0.25) is 11.8 Å². The minimum absolute atomic E-state index is 0.0416. The van der Waals surface area contributed by atoms with Crippen molar-refractivity contribution in [3.05, 3.63) is 0 Å². The van der Waals surface area contributed by atoms with Crippen LogP contribution in [0.25, 0.3) is 0 Å². The summed E-state index contributed by atoms with van der Waals surface area (Å²) in [4.78, 5) is 25.6. The summed E-state index contributed by atoms with van der Waals surface area (Å²) in [6.07, 6.45) is 1.14. The SMILES string of the molecule is CNC(=O)C(C)CN(C)C(=O)C1(C(N)=NO)CC(C)C1. The van der Waals surface area contributed by atoms with Crippen LogP contribution in [0.15, 0.2) is 5.16 Å². The zero-order chi connectivity index (χ0) is 15.5. The molecule has 0 heterocycles. The van der Waals surface area contributed by atoms with Crippen molar-refractivity contribution in [1.82, 2.24) is 10.2 Å². The van der Waals surface area contributed by atoms with Crippen LogP contribution in [0.2, 0.25) is 0 Å². The van der Waals surface area contributed by atoms with Crippen molar-refractivity contribution in [3.8, 4) is 0 Å². The second-order valence-electron chi connectivity index (χ2n) is 5.78. The quantitative estimate of drug-likeness (QED) is 0.285. The molecular weight excluding hydrogens is 260 g/mol. The first kappa shape index (κ1) is 16.3. The summed E-state index contributed by atoms with van der Waals surface area (Å²) in [5.41, 5.74) is 4.79. The molecule has 4 N–H and O–H groups in total. The predicted molar refractivity (Wildman–Crippen MR) is 75.1 cm³/mol. The molecule has 0 aliphatic heterocycles. The van der Waals surface area contributed by atoms with Crippen molar-refractivity contribution >= 4 is 17.6 Å². The third-order valence-corrected chi connectivity index (χ3v) is 3.99. The zero-order valence-corrected chi connectivity index (χ0v) is 12.5. The molecule has 1 unspecified atom stereocenters. The lowest BCUT2D eigenvalue weighted by Crippen LogP contribution is -2.57. The monoisotopic (exact) mass is 284 g/mol. The van der Waals surface area contributed by atoms with Gasteiger partial charge >= 0.3 is 0 Å². The van der Waals surface area contributed by atoms with Crippen LogP contribution in [-0.4, -0.2) is 48.4 Å². The summed E-state index contributed by atoms with van der Waals surface area (Å²) in [7, 11) is 3.20. The molecule has 1 aliphatic carbocycles. The van der Waals surface area contributed by atoms with E-state index in [2.05, 4.69) is 10.5 Å². The standard InChI is InChI=1S/C13H24N4O3/c1-8-5-13(6-8,11(14)16-20)12(19)17(4)7-9(2)10(18)15-3/h8-9,20H,5-7H2,1-4H3,(H2,14,16)(H,15,18). The second-order valence-corrected chi connectivity index (χ2v) is 5.78. The van der Waals surface area contributed by atoms with Gasteiger partial charge in [-0.25, -0.2) is 0 Å². The first-order chi connectivity index (χ1) is 9.28. The zero-order valence-electron chi connectivity index (χ0n) is 12.5. The Balaban J connectivity index is 2.79. The number of nitrogens with one attached hydrogen (secondary N) is 1. The highest BCUT2D eigenvalue weighted by Crippen LogP contribution is 2.46. The Morgan fingerprint density at radius 1 is 1.55 bits per heavy atom. The van der Waals surface area contributed by atoms with E-state index in [-0.39, 0.29) is 23.6 Å². The number of hydrogen-bond donors (Lipinski definition) is 3. The first-order valence-corrected chi connectivity index (χ1v) is 6.73. The van der Waals surface area contributed by atoms with Crippen molar-refractivity contribution in [2.45, 2.75) is 26.7 Å². The smallest absolute Gasteiger partial charge is 0.236 e. The van der Waals surface area contributed by atoms with Crippen LogP contribution in [0.3, 0.4) is 0 Å². The Morgan fingerprint density at radius 3 is 2.50 bits per heavy atom. The number of carbonyl (C=O) groups excluding carboxylic acids is 2. The van der Waals surface area contributed by atoms with Crippen LogP contribution >= 0.6 is 0 Å². The molecule has 1 aliphatic rings. The molecule has 7 heteroatoms. The van der Waals surface area contributed by atoms with Gasteiger partial charge in [-0.15, -0.1) is 0 Å². The number of amides is 2. The molecule has 0 spiro atoms. The lowest BCUT2D eigenvalue weighted by molar-refractivity contribution is -0.144. The van der Waals surface area contributed by atoms with E-state index in [0.717, 1.165) is 0 Å². The van der Waals surface area contributed by atoms with Gasteiger partial charge in [-0.05, 0) is 18.8 Å². The molecule has 1 atom stereocenters. The molecule has 1 saturated carbocycles. The lowest BCUT2D eigenvalue weighted by Gasteiger charge is -2.45. The average Bonchev–Trinajstić information content (AvgIpc) is 2.40. The number of nitrogens with two attached hydrogens (primary N) is 1. The number of hydrogen-bond acceptors (Lipinski definition) is 4. The van der Waals surface area contributed by atoms with E-state index >= 15 is 0 Å². The van der Waals surface area contributed by atoms with Gasteiger partial charge in [0.05, 0.1) is 5.92 Å². The fourth-order valence-corrected chi connectivity index (χ4v) is 2.91. The van der Waals surface area contributed by atoms with Crippen molar-refractivity contribution in [1.29, 1.82) is 0 Å². The summed E-state index contributed by atoms with van der Waals surface area (Å²) in [5.74, 6) is -0.300. The molecule has 114 valence electrons. The summed E-state index contributed by atoms with van der Waals surface area (Å²) >= 11 is 0. The Kier molecular flexibility index (Phi) is 4.97. The maximum Gasteiger partial charge on any atom is 0.236 e. The Hall–Kier alpha value is -1.79. The van der Waals surface area contributed by atoms with E-state index in [4.69, 9.17) is 10.9 Å². The molecule has 0 aromatic carbocycles. The van der Waals surface area contributed by atoms with E-state index < -0.39 is 5.41 Å². The lowest BCUT2D eigenvalue weighted by atomic mass is 9.61. The third kappa shape index (κ3) is 2.86. The fourth-order valence-electron chi connectivity index (χ4n) is 2.91. The fraction of sp³-hybridized carbons (Fsp3) is 0.769. The predicted octanol–water partition coefficient (Wildman–Crippen LogP) is -0.0104. The number of nitrogens with zero attached hydrogens (tertiary/aromatic N) is 2. The molecule has 2 amide bonds. The first-order valence-electron chi connectivity index (χ1n) is 6.73. The molecule has 0 aromatic rings.